The van der Waals surface area contributed by atoms with Crippen LogP contribution < -0.4 is 10.6 Å². The second-order valence-corrected chi connectivity index (χ2v) is 10.4. The largest absolute Gasteiger partial charge is 0.466 e. The van der Waals surface area contributed by atoms with E-state index in [1.807, 2.05) is 39.8 Å². The van der Waals surface area contributed by atoms with E-state index in [1.165, 1.54) is 4.90 Å². The fourth-order valence-electron chi connectivity index (χ4n) is 3.51. The van der Waals surface area contributed by atoms with E-state index in [4.69, 9.17) is 9.47 Å². The number of ether oxygens (including phenoxy) is 2. The van der Waals surface area contributed by atoms with Gasteiger partial charge in [-0.2, -0.15) is 0 Å². The van der Waals surface area contributed by atoms with E-state index in [0.29, 0.717) is 5.56 Å². The van der Waals surface area contributed by atoms with Crippen LogP contribution in [0.2, 0.25) is 0 Å². The second-order valence-electron chi connectivity index (χ2n) is 10.4. The molecule has 0 fully saturated rings. The fourth-order valence-corrected chi connectivity index (χ4v) is 3.51. The second kappa shape index (κ2) is 12.6. The van der Waals surface area contributed by atoms with Crippen molar-refractivity contribution < 1.29 is 28.7 Å². The molecule has 35 heavy (non-hydrogen) atoms. The topological polar surface area (TPSA) is 114 Å². The quantitative estimate of drug-likeness (QED) is 0.510. The number of alkyl carbamates (subject to hydrolysis) is 1. The number of carbonyl (C=O) groups is 4. The predicted molar refractivity (Wildman–Crippen MR) is 134 cm³/mol. The van der Waals surface area contributed by atoms with Crippen molar-refractivity contribution in [2.75, 3.05) is 13.2 Å². The summed E-state index contributed by atoms with van der Waals surface area (Å²) in [5.41, 5.74) is -0.0347. The van der Waals surface area contributed by atoms with Crippen LogP contribution in [0.5, 0.6) is 0 Å². The van der Waals surface area contributed by atoms with Crippen LogP contribution in [-0.2, 0) is 23.9 Å². The number of rotatable bonds is 9. The van der Waals surface area contributed by atoms with E-state index in [1.54, 1.807) is 46.8 Å². The summed E-state index contributed by atoms with van der Waals surface area (Å²) in [5.74, 6) is -1.30. The van der Waals surface area contributed by atoms with Crippen LogP contribution in [-0.4, -0.2) is 59.1 Å². The van der Waals surface area contributed by atoms with Crippen molar-refractivity contribution in [1.82, 2.24) is 15.5 Å². The molecule has 0 heterocycles. The Balaban J connectivity index is 3.31. The van der Waals surface area contributed by atoms with Gasteiger partial charge in [0.2, 0.25) is 11.8 Å². The Labute approximate surface area is 208 Å². The molecule has 0 spiro atoms. The summed E-state index contributed by atoms with van der Waals surface area (Å²) >= 11 is 0. The van der Waals surface area contributed by atoms with E-state index in [0.717, 1.165) is 5.56 Å². The highest BCUT2D eigenvalue weighted by Crippen LogP contribution is 2.31. The molecule has 1 aromatic rings. The van der Waals surface area contributed by atoms with E-state index in [2.05, 4.69) is 10.6 Å². The molecule has 9 nitrogen and oxygen atoms in total. The lowest BCUT2D eigenvalue weighted by Crippen LogP contribution is -2.58. The standard InChI is InChI=1S/C26H41N3O6/c1-10-34-20(30)15-16-27-22(31)21(19-14-12-11-13-17(19)2)29(25(4,5)6)23(32)18(3)28-24(33)35-26(7,8)9/h11-14,18,21H,10,15-16H2,1-9H3,(H,27,31)(H,28,33). The summed E-state index contributed by atoms with van der Waals surface area (Å²) in [5, 5.41) is 5.35. The normalized spacial score (nSPS) is 13.3. The van der Waals surface area contributed by atoms with Crippen molar-refractivity contribution in [3.63, 3.8) is 0 Å². The van der Waals surface area contributed by atoms with Crippen LogP contribution in [0, 0.1) is 6.92 Å². The Hall–Kier alpha value is -3.10. The number of benzene rings is 1. The van der Waals surface area contributed by atoms with E-state index < -0.39 is 47.1 Å². The summed E-state index contributed by atoms with van der Waals surface area (Å²) in [6.45, 7) is 16.1. The third-order valence-corrected chi connectivity index (χ3v) is 4.99. The minimum absolute atomic E-state index is 0.0140. The Morgan fingerprint density at radius 2 is 1.63 bits per heavy atom. The number of aryl methyl sites for hydroxylation is 1. The highest BCUT2D eigenvalue weighted by Gasteiger charge is 2.41. The molecule has 2 N–H and O–H groups in total. The average molecular weight is 492 g/mol. The molecule has 0 aliphatic carbocycles. The van der Waals surface area contributed by atoms with Gasteiger partial charge in [0.15, 0.2) is 0 Å². The molecule has 9 heteroatoms. The number of hydrogen-bond acceptors (Lipinski definition) is 6. The van der Waals surface area contributed by atoms with Crippen molar-refractivity contribution in [2.45, 2.75) is 92.0 Å². The van der Waals surface area contributed by atoms with E-state index in [9.17, 15) is 19.2 Å². The molecule has 0 saturated heterocycles. The van der Waals surface area contributed by atoms with Crippen LogP contribution in [0.25, 0.3) is 0 Å². The molecule has 196 valence electrons. The lowest BCUT2D eigenvalue weighted by Gasteiger charge is -2.43. The Morgan fingerprint density at radius 3 is 2.14 bits per heavy atom. The molecule has 0 saturated carbocycles. The first-order valence-electron chi connectivity index (χ1n) is 11.9. The Kier molecular flexibility index (Phi) is 10.7. The van der Waals surface area contributed by atoms with Gasteiger partial charge in [0.25, 0.3) is 0 Å². The minimum atomic E-state index is -0.992. The lowest BCUT2D eigenvalue weighted by molar-refractivity contribution is -0.148. The van der Waals surface area contributed by atoms with Crippen LogP contribution in [0.3, 0.4) is 0 Å². The molecule has 0 aliphatic rings. The monoisotopic (exact) mass is 491 g/mol. The van der Waals surface area contributed by atoms with Gasteiger partial charge in [-0.15, -0.1) is 0 Å². The first-order valence-corrected chi connectivity index (χ1v) is 11.9. The van der Waals surface area contributed by atoms with Crippen LogP contribution in [0.4, 0.5) is 4.79 Å². The van der Waals surface area contributed by atoms with Gasteiger partial charge in [0.1, 0.15) is 17.7 Å². The number of carbonyl (C=O) groups excluding carboxylic acids is 4. The zero-order valence-corrected chi connectivity index (χ0v) is 22.5. The molecule has 3 amide bonds. The van der Waals surface area contributed by atoms with Crippen LogP contribution in [0.15, 0.2) is 24.3 Å². The first kappa shape index (κ1) is 29.9. The van der Waals surface area contributed by atoms with Gasteiger partial charge in [-0.1, -0.05) is 24.3 Å². The van der Waals surface area contributed by atoms with Crippen molar-refractivity contribution in [2.24, 2.45) is 0 Å². The van der Waals surface area contributed by atoms with Gasteiger partial charge >= 0.3 is 12.1 Å². The van der Waals surface area contributed by atoms with E-state index >= 15 is 0 Å². The maximum absolute atomic E-state index is 13.7. The molecule has 0 bridgehead atoms. The summed E-state index contributed by atoms with van der Waals surface area (Å²) in [4.78, 5) is 52.7. The smallest absolute Gasteiger partial charge is 0.408 e. The molecular formula is C26H41N3O6. The lowest BCUT2D eigenvalue weighted by atomic mass is 9.93. The predicted octanol–water partition coefficient (Wildman–Crippen LogP) is 3.65. The molecule has 2 unspecified atom stereocenters. The maximum atomic E-state index is 13.7. The molecule has 1 rings (SSSR count). The number of amides is 3. The van der Waals surface area contributed by atoms with Gasteiger partial charge < -0.3 is 25.0 Å². The molecule has 0 aromatic heterocycles. The van der Waals surface area contributed by atoms with Crippen LogP contribution in [0.1, 0.15) is 79.0 Å². The average Bonchev–Trinajstić information content (AvgIpc) is 2.69. The highest BCUT2D eigenvalue weighted by molar-refractivity contribution is 5.92. The summed E-state index contributed by atoms with van der Waals surface area (Å²) in [6.07, 6.45) is -0.710. The molecule has 0 aliphatic heterocycles. The minimum Gasteiger partial charge on any atom is -0.466 e. The summed E-state index contributed by atoms with van der Waals surface area (Å²) < 4.78 is 10.2. The number of nitrogens with one attached hydrogen (secondary N) is 2. The molecule has 0 radical (unpaired) electrons. The van der Waals surface area contributed by atoms with Gasteiger partial charge in [0, 0.05) is 12.1 Å². The van der Waals surface area contributed by atoms with Crippen molar-refractivity contribution >= 4 is 23.9 Å². The van der Waals surface area contributed by atoms with Crippen LogP contribution >= 0.6 is 0 Å². The van der Waals surface area contributed by atoms with Gasteiger partial charge in [-0.05, 0) is 73.4 Å². The Bertz CT molecular complexity index is 901. The SMILES string of the molecule is CCOC(=O)CCNC(=O)C(c1ccccc1C)N(C(=O)C(C)NC(=O)OC(C)(C)C)C(C)(C)C. The Morgan fingerprint density at radius 1 is 1.03 bits per heavy atom. The highest BCUT2D eigenvalue weighted by atomic mass is 16.6. The molecule has 1 aromatic carbocycles. The molecular weight excluding hydrogens is 450 g/mol. The van der Waals surface area contributed by atoms with Crippen molar-refractivity contribution in [3.8, 4) is 0 Å². The summed E-state index contributed by atoms with van der Waals surface area (Å²) in [6, 6.07) is 5.36. The number of esters is 1. The fraction of sp³-hybridized carbons (Fsp3) is 0.615. The first-order chi connectivity index (χ1) is 16.1. The van der Waals surface area contributed by atoms with Gasteiger partial charge in [-0.25, -0.2) is 4.79 Å². The van der Waals surface area contributed by atoms with Crippen molar-refractivity contribution in [3.05, 3.63) is 35.4 Å². The van der Waals surface area contributed by atoms with E-state index in [-0.39, 0.29) is 19.6 Å². The third kappa shape index (κ3) is 9.58. The van der Waals surface area contributed by atoms with Gasteiger partial charge in [0.05, 0.1) is 13.0 Å². The third-order valence-electron chi connectivity index (χ3n) is 4.99. The van der Waals surface area contributed by atoms with Crippen molar-refractivity contribution in [1.29, 1.82) is 0 Å². The number of hydrogen-bond donors (Lipinski definition) is 2. The maximum Gasteiger partial charge on any atom is 0.408 e. The zero-order valence-electron chi connectivity index (χ0n) is 22.5. The number of nitrogens with zero attached hydrogens (tertiary/aromatic N) is 1. The molecule has 2 atom stereocenters. The summed E-state index contributed by atoms with van der Waals surface area (Å²) in [7, 11) is 0. The van der Waals surface area contributed by atoms with Gasteiger partial charge in [-0.3, -0.25) is 14.4 Å². The zero-order chi connectivity index (χ0) is 27.0.